The fourth-order valence-corrected chi connectivity index (χ4v) is 1.33. The van der Waals surface area contributed by atoms with Crippen molar-refractivity contribution in [3.8, 4) is 0 Å². The molecule has 0 aromatic carbocycles. The molecule has 1 aromatic rings. The van der Waals surface area contributed by atoms with Crippen LogP contribution in [0.1, 0.15) is 11.3 Å². The monoisotopic (exact) mass is 237 g/mol. The van der Waals surface area contributed by atoms with Crippen LogP contribution in [0.3, 0.4) is 0 Å². The molecule has 0 aliphatic heterocycles. The Morgan fingerprint density at radius 1 is 1.31 bits per heavy atom. The van der Waals surface area contributed by atoms with Crippen molar-refractivity contribution in [1.29, 1.82) is 5.39 Å². The molecule has 1 aromatic heterocycles. The molecule has 0 aliphatic carbocycles. The SMILES string of the molecule is Cc1nc(Cl)c([N+]#N)c(C)c1Cl.[Cl-]. The van der Waals surface area contributed by atoms with Crippen LogP contribution >= 0.6 is 23.2 Å². The highest BCUT2D eigenvalue weighted by Gasteiger charge is 2.21. The van der Waals surface area contributed by atoms with Crippen LogP contribution in [0.5, 0.6) is 0 Å². The van der Waals surface area contributed by atoms with E-state index in [1.807, 2.05) is 0 Å². The largest absolute Gasteiger partial charge is 1.00 e. The summed E-state index contributed by atoms with van der Waals surface area (Å²) < 4.78 is 0. The van der Waals surface area contributed by atoms with Gasteiger partial charge in [-0.1, -0.05) is 23.2 Å². The van der Waals surface area contributed by atoms with Gasteiger partial charge in [0.05, 0.1) is 16.3 Å². The normalized spacial score (nSPS) is 8.85. The van der Waals surface area contributed by atoms with Crippen LogP contribution in [0, 0.1) is 19.2 Å². The molecule has 1 heterocycles. The van der Waals surface area contributed by atoms with E-state index < -0.39 is 0 Å². The van der Waals surface area contributed by atoms with Crippen molar-refractivity contribution in [1.82, 2.24) is 4.98 Å². The highest BCUT2D eigenvalue weighted by Crippen LogP contribution is 2.33. The van der Waals surface area contributed by atoms with E-state index in [0.717, 1.165) is 0 Å². The summed E-state index contributed by atoms with van der Waals surface area (Å²) in [5, 5.41) is 9.20. The molecule has 70 valence electrons. The van der Waals surface area contributed by atoms with Gasteiger partial charge in [-0.25, -0.2) is 4.98 Å². The van der Waals surface area contributed by atoms with Crippen LogP contribution in [-0.4, -0.2) is 4.98 Å². The van der Waals surface area contributed by atoms with Gasteiger partial charge in [-0.05, 0) is 13.8 Å². The molecular formula is C7H6Cl3N3. The van der Waals surface area contributed by atoms with E-state index in [1.54, 1.807) is 13.8 Å². The third kappa shape index (κ3) is 2.22. The minimum Gasteiger partial charge on any atom is -1.00 e. The number of nitrogens with zero attached hydrogens (tertiary/aromatic N) is 3. The zero-order valence-electron chi connectivity index (χ0n) is 6.98. The Bertz CT molecular complexity index is 370. The van der Waals surface area contributed by atoms with Gasteiger partial charge in [-0.3, -0.25) is 0 Å². The predicted octanol–water partition coefficient (Wildman–Crippen LogP) is 0.494. The highest BCUT2D eigenvalue weighted by atomic mass is 35.5. The van der Waals surface area contributed by atoms with Crippen LogP contribution in [0.15, 0.2) is 0 Å². The van der Waals surface area contributed by atoms with E-state index in [0.29, 0.717) is 16.3 Å². The number of aryl methyl sites for hydroxylation is 1. The highest BCUT2D eigenvalue weighted by molar-refractivity contribution is 6.35. The summed E-state index contributed by atoms with van der Waals surface area (Å²) in [6.07, 6.45) is 0. The fraction of sp³-hybridized carbons (Fsp3) is 0.286. The van der Waals surface area contributed by atoms with E-state index in [-0.39, 0.29) is 23.2 Å². The second-order valence-electron chi connectivity index (χ2n) is 2.38. The first kappa shape index (κ1) is 12.4. The quantitative estimate of drug-likeness (QED) is 0.488. The third-order valence-electron chi connectivity index (χ3n) is 1.56. The number of pyridine rings is 1. The maximum absolute atomic E-state index is 8.56. The molecule has 0 atom stereocenters. The average Bonchev–Trinajstić information content (AvgIpc) is 2.01. The van der Waals surface area contributed by atoms with Gasteiger partial charge in [0.1, 0.15) is 0 Å². The number of rotatable bonds is 0. The smallest absolute Gasteiger partial charge is 0.426 e. The van der Waals surface area contributed by atoms with Gasteiger partial charge in [0.15, 0.2) is 4.98 Å². The van der Waals surface area contributed by atoms with Crippen LogP contribution in [-0.2, 0) is 0 Å². The Kier molecular flexibility index (Phi) is 4.41. The molecule has 3 nitrogen and oxygen atoms in total. The maximum atomic E-state index is 8.56. The molecule has 0 bridgehead atoms. The summed E-state index contributed by atoms with van der Waals surface area (Å²) >= 11 is 11.5. The number of hydrogen-bond acceptors (Lipinski definition) is 2. The van der Waals surface area contributed by atoms with Crippen LogP contribution in [0.2, 0.25) is 10.2 Å². The van der Waals surface area contributed by atoms with Crippen molar-refractivity contribution >= 4 is 28.9 Å². The van der Waals surface area contributed by atoms with Gasteiger partial charge >= 0.3 is 5.69 Å². The standard InChI is InChI=1S/C7H6Cl2N3.ClH/c1-3-5(8)4(2)11-7(9)6(3)12-10;/h1-2H3;1H/q+1;/p-1. The number of aromatic nitrogens is 1. The Labute approximate surface area is 92.1 Å². The van der Waals surface area contributed by atoms with Gasteiger partial charge in [0.2, 0.25) is 10.5 Å². The molecule has 1 rings (SSSR count). The van der Waals surface area contributed by atoms with Gasteiger partial charge in [0, 0.05) is 0 Å². The Morgan fingerprint density at radius 3 is 2.31 bits per heavy atom. The molecule has 0 saturated heterocycles. The molecular weight excluding hydrogens is 232 g/mol. The zero-order chi connectivity index (χ0) is 9.30. The van der Waals surface area contributed by atoms with E-state index in [1.165, 1.54) is 0 Å². The van der Waals surface area contributed by atoms with Crippen molar-refractivity contribution < 1.29 is 12.4 Å². The Balaban J connectivity index is 0.00000144. The minimum absolute atomic E-state index is 0. The lowest BCUT2D eigenvalue weighted by atomic mass is 10.2. The topological polar surface area (TPSA) is 41.0 Å². The molecule has 0 fully saturated rings. The van der Waals surface area contributed by atoms with Gasteiger partial charge < -0.3 is 12.4 Å². The van der Waals surface area contributed by atoms with Gasteiger partial charge in [-0.2, -0.15) is 0 Å². The first-order valence-corrected chi connectivity index (χ1v) is 4.00. The lowest BCUT2D eigenvalue weighted by molar-refractivity contribution is -0.00000274. The molecule has 0 unspecified atom stereocenters. The van der Waals surface area contributed by atoms with E-state index in [4.69, 9.17) is 28.6 Å². The second kappa shape index (κ2) is 4.61. The molecule has 13 heavy (non-hydrogen) atoms. The average molecular weight is 239 g/mol. The van der Waals surface area contributed by atoms with Crippen molar-refractivity contribution in [2.45, 2.75) is 13.8 Å². The number of halogens is 3. The van der Waals surface area contributed by atoms with Gasteiger partial charge in [-0.15, -0.1) is 0 Å². The predicted molar refractivity (Wildman–Crippen MR) is 48.5 cm³/mol. The molecule has 6 heteroatoms. The molecule has 0 radical (unpaired) electrons. The molecule has 0 amide bonds. The number of hydrogen-bond donors (Lipinski definition) is 0. The van der Waals surface area contributed by atoms with Crippen molar-refractivity contribution in [3.63, 3.8) is 0 Å². The molecule has 0 N–H and O–H groups in total. The van der Waals surface area contributed by atoms with E-state index in [2.05, 4.69) is 9.96 Å². The van der Waals surface area contributed by atoms with E-state index >= 15 is 0 Å². The summed E-state index contributed by atoms with van der Waals surface area (Å²) in [7, 11) is 0. The van der Waals surface area contributed by atoms with Crippen molar-refractivity contribution in [3.05, 3.63) is 26.4 Å². The van der Waals surface area contributed by atoms with E-state index in [9.17, 15) is 0 Å². The van der Waals surface area contributed by atoms with Gasteiger partial charge in [0.25, 0.3) is 0 Å². The Morgan fingerprint density at radius 2 is 1.85 bits per heavy atom. The third-order valence-corrected chi connectivity index (χ3v) is 2.38. The summed E-state index contributed by atoms with van der Waals surface area (Å²) in [5.41, 5.74) is 1.50. The first-order valence-electron chi connectivity index (χ1n) is 3.25. The minimum atomic E-state index is 0. The van der Waals surface area contributed by atoms with Crippen LogP contribution in [0.25, 0.3) is 4.98 Å². The lowest BCUT2D eigenvalue weighted by Gasteiger charge is -1.97. The molecule has 0 aliphatic rings. The fourth-order valence-electron chi connectivity index (χ4n) is 0.896. The van der Waals surface area contributed by atoms with Crippen molar-refractivity contribution in [2.24, 2.45) is 0 Å². The van der Waals surface area contributed by atoms with Crippen molar-refractivity contribution in [2.75, 3.05) is 0 Å². The maximum Gasteiger partial charge on any atom is 0.426 e. The number of diazo groups is 1. The summed E-state index contributed by atoms with van der Waals surface area (Å²) in [6.45, 7) is 3.46. The molecule has 0 spiro atoms. The second-order valence-corrected chi connectivity index (χ2v) is 3.11. The lowest BCUT2D eigenvalue weighted by Crippen LogP contribution is -3.00. The first-order chi connectivity index (χ1) is 5.57. The van der Waals surface area contributed by atoms with Crippen LogP contribution in [0.4, 0.5) is 5.69 Å². The Hall–Kier alpha value is -0.560. The summed E-state index contributed by atoms with van der Waals surface area (Å²) in [4.78, 5) is 6.88. The summed E-state index contributed by atoms with van der Waals surface area (Å²) in [5.74, 6) is 0. The summed E-state index contributed by atoms with van der Waals surface area (Å²) in [6, 6.07) is 0. The zero-order valence-corrected chi connectivity index (χ0v) is 9.24. The molecule has 0 saturated carbocycles. The van der Waals surface area contributed by atoms with Crippen LogP contribution < -0.4 is 12.4 Å².